The van der Waals surface area contributed by atoms with Gasteiger partial charge in [0.15, 0.2) is 0 Å². The van der Waals surface area contributed by atoms with E-state index in [0.717, 1.165) is 16.4 Å². The molecule has 0 aromatic carbocycles. The van der Waals surface area contributed by atoms with Gasteiger partial charge >= 0.3 is 0 Å². The fourth-order valence-electron chi connectivity index (χ4n) is 1.66. The quantitative estimate of drug-likeness (QED) is 0.905. The Hall–Kier alpha value is -1.26. The molecule has 2 rings (SSSR count). The number of aromatic nitrogens is 2. The molecule has 0 saturated carbocycles. The predicted molar refractivity (Wildman–Crippen MR) is 70.0 cm³/mol. The lowest BCUT2D eigenvalue weighted by Gasteiger charge is -2.14. The van der Waals surface area contributed by atoms with Crippen LogP contribution in [-0.2, 0) is 0 Å². The van der Waals surface area contributed by atoms with Gasteiger partial charge in [0.2, 0.25) is 0 Å². The number of nitrogens with zero attached hydrogens (tertiary/aromatic N) is 2. The number of pyridine rings is 1. The number of hydrogen-bond donors (Lipinski definition) is 1. The van der Waals surface area contributed by atoms with Crippen molar-refractivity contribution in [3.63, 3.8) is 0 Å². The SMILES string of the molecule is CC(C)C(CO)c1nc(-c2ccccn2)cs1. The van der Waals surface area contributed by atoms with E-state index in [2.05, 4.69) is 23.8 Å². The molecule has 0 aliphatic heterocycles. The van der Waals surface area contributed by atoms with E-state index in [1.807, 2.05) is 23.6 Å². The lowest BCUT2D eigenvalue weighted by molar-refractivity contribution is 0.237. The number of aliphatic hydroxyl groups excluding tert-OH is 1. The van der Waals surface area contributed by atoms with Crippen LogP contribution in [0.1, 0.15) is 24.8 Å². The zero-order chi connectivity index (χ0) is 12.3. The summed E-state index contributed by atoms with van der Waals surface area (Å²) in [5.74, 6) is 0.514. The average Bonchev–Trinajstić information content (AvgIpc) is 2.80. The Morgan fingerprint density at radius 1 is 1.29 bits per heavy atom. The van der Waals surface area contributed by atoms with Crippen molar-refractivity contribution >= 4 is 11.3 Å². The highest BCUT2D eigenvalue weighted by atomic mass is 32.1. The van der Waals surface area contributed by atoms with E-state index in [4.69, 9.17) is 0 Å². The van der Waals surface area contributed by atoms with Crippen molar-refractivity contribution < 1.29 is 5.11 Å². The summed E-state index contributed by atoms with van der Waals surface area (Å²) in [4.78, 5) is 8.84. The molecule has 1 unspecified atom stereocenters. The lowest BCUT2D eigenvalue weighted by atomic mass is 9.98. The maximum absolute atomic E-state index is 9.38. The van der Waals surface area contributed by atoms with Gasteiger partial charge in [-0.1, -0.05) is 19.9 Å². The van der Waals surface area contributed by atoms with Crippen LogP contribution in [0.3, 0.4) is 0 Å². The van der Waals surface area contributed by atoms with Crippen LogP contribution in [0.25, 0.3) is 11.4 Å². The minimum atomic E-state index is 0.123. The number of hydrogen-bond acceptors (Lipinski definition) is 4. The highest BCUT2D eigenvalue weighted by molar-refractivity contribution is 7.10. The van der Waals surface area contributed by atoms with Crippen molar-refractivity contribution in [3.8, 4) is 11.4 Å². The summed E-state index contributed by atoms with van der Waals surface area (Å²) in [5.41, 5.74) is 1.78. The first-order valence-corrected chi connectivity index (χ1v) is 6.58. The first-order valence-electron chi connectivity index (χ1n) is 5.70. The molecular weight excluding hydrogens is 232 g/mol. The largest absolute Gasteiger partial charge is 0.396 e. The number of aliphatic hydroxyl groups is 1. The van der Waals surface area contributed by atoms with Gasteiger partial charge in [-0.05, 0) is 18.1 Å². The summed E-state index contributed by atoms with van der Waals surface area (Å²) in [7, 11) is 0. The van der Waals surface area contributed by atoms with E-state index in [1.165, 1.54) is 0 Å². The maximum atomic E-state index is 9.38. The second kappa shape index (κ2) is 5.38. The average molecular weight is 248 g/mol. The van der Waals surface area contributed by atoms with Crippen molar-refractivity contribution in [2.24, 2.45) is 5.92 Å². The Labute approximate surface area is 105 Å². The minimum Gasteiger partial charge on any atom is -0.396 e. The van der Waals surface area contributed by atoms with Gasteiger partial charge in [-0.15, -0.1) is 11.3 Å². The van der Waals surface area contributed by atoms with Gasteiger partial charge < -0.3 is 5.11 Å². The summed E-state index contributed by atoms with van der Waals surface area (Å²) in [6.45, 7) is 4.35. The van der Waals surface area contributed by atoms with Crippen LogP contribution in [0, 0.1) is 5.92 Å². The molecule has 2 heterocycles. The van der Waals surface area contributed by atoms with Crippen molar-refractivity contribution in [1.29, 1.82) is 0 Å². The minimum absolute atomic E-state index is 0.123. The third kappa shape index (κ3) is 2.70. The number of rotatable bonds is 4. The summed E-state index contributed by atoms with van der Waals surface area (Å²) in [6.07, 6.45) is 1.76. The van der Waals surface area contributed by atoms with Crippen molar-refractivity contribution in [1.82, 2.24) is 9.97 Å². The predicted octanol–water partition coefficient (Wildman–Crippen LogP) is 2.94. The summed E-state index contributed by atoms with van der Waals surface area (Å²) in [6, 6.07) is 5.79. The van der Waals surface area contributed by atoms with Crippen LogP contribution in [0.4, 0.5) is 0 Å². The van der Waals surface area contributed by atoms with Gasteiger partial charge in [0.1, 0.15) is 0 Å². The first kappa shape index (κ1) is 12.2. The van der Waals surface area contributed by atoms with Crippen molar-refractivity contribution in [3.05, 3.63) is 34.8 Å². The topological polar surface area (TPSA) is 46.0 Å². The lowest BCUT2D eigenvalue weighted by Crippen LogP contribution is -2.10. The van der Waals surface area contributed by atoms with Gasteiger partial charge in [0, 0.05) is 17.5 Å². The molecule has 2 aromatic heterocycles. The third-order valence-electron chi connectivity index (χ3n) is 2.77. The van der Waals surface area contributed by atoms with Crippen LogP contribution in [0.2, 0.25) is 0 Å². The number of thiazole rings is 1. The Morgan fingerprint density at radius 2 is 2.12 bits per heavy atom. The molecule has 0 spiro atoms. The van der Waals surface area contributed by atoms with E-state index in [9.17, 15) is 5.11 Å². The molecule has 2 aromatic rings. The second-order valence-corrected chi connectivity index (χ2v) is 5.21. The molecule has 0 aliphatic carbocycles. The molecule has 1 N–H and O–H groups in total. The smallest absolute Gasteiger partial charge is 0.0998 e. The summed E-state index contributed by atoms with van der Waals surface area (Å²) < 4.78 is 0. The summed E-state index contributed by atoms with van der Waals surface area (Å²) >= 11 is 1.59. The summed E-state index contributed by atoms with van der Waals surface area (Å²) in [5, 5.41) is 12.4. The molecular formula is C13H16N2OS. The fraction of sp³-hybridized carbons (Fsp3) is 0.385. The standard InChI is InChI=1S/C13H16N2OS/c1-9(2)10(7-16)13-15-12(8-17-13)11-5-3-4-6-14-11/h3-6,8-10,16H,7H2,1-2H3. The van der Waals surface area contributed by atoms with Crippen LogP contribution in [0.15, 0.2) is 29.8 Å². The van der Waals surface area contributed by atoms with E-state index >= 15 is 0 Å². The molecule has 17 heavy (non-hydrogen) atoms. The molecule has 0 aliphatic rings. The Morgan fingerprint density at radius 3 is 2.71 bits per heavy atom. The normalized spacial score (nSPS) is 12.9. The zero-order valence-corrected chi connectivity index (χ0v) is 10.8. The van der Waals surface area contributed by atoms with E-state index in [-0.39, 0.29) is 12.5 Å². The van der Waals surface area contributed by atoms with Crippen LogP contribution >= 0.6 is 11.3 Å². The van der Waals surface area contributed by atoms with E-state index in [0.29, 0.717) is 5.92 Å². The molecule has 0 bridgehead atoms. The molecule has 90 valence electrons. The first-order chi connectivity index (χ1) is 8.22. The molecule has 0 radical (unpaired) electrons. The van der Waals surface area contributed by atoms with Crippen LogP contribution in [0.5, 0.6) is 0 Å². The Balaban J connectivity index is 2.27. The van der Waals surface area contributed by atoms with Crippen molar-refractivity contribution in [2.75, 3.05) is 6.61 Å². The van der Waals surface area contributed by atoms with E-state index < -0.39 is 0 Å². The highest BCUT2D eigenvalue weighted by Crippen LogP contribution is 2.29. The van der Waals surface area contributed by atoms with E-state index in [1.54, 1.807) is 17.5 Å². The van der Waals surface area contributed by atoms with Crippen LogP contribution in [-0.4, -0.2) is 21.7 Å². The maximum Gasteiger partial charge on any atom is 0.0998 e. The Bertz CT molecular complexity index is 467. The molecule has 0 saturated heterocycles. The van der Waals surface area contributed by atoms with Crippen LogP contribution < -0.4 is 0 Å². The molecule has 0 amide bonds. The molecule has 3 nitrogen and oxygen atoms in total. The zero-order valence-electron chi connectivity index (χ0n) is 10.00. The van der Waals surface area contributed by atoms with Gasteiger partial charge in [0.25, 0.3) is 0 Å². The van der Waals surface area contributed by atoms with Gasteiger partial charge in [0.05, 0.1) is 23.0 Å². The van der Waals surface area contributed by atoms with Gasteiger partial charge in [-0.3, -0.25) is 4.98 Å². The van der Waals surface area contributed by atoms with Gasteiger partial charge in [-0.2, -0.15) is 0 Å². The molecule has 1 atom stereocenters. The molecule has 0 fully saturated rings. The Kier molecular flexibility index (Phi) is 3.86. The monoisotopic (exact) mass is 248 g/mol. The third-order valence-corrected chi connectivity index (χ3v) is 3.74. The second-order valence-electron chi connectivity index (χ2n) is 4.32. The fourth-order valence-corrected chi connectivity index (χ4v) is 2.74. The van der Waals surface area contributed by atoms with Gasteiger partial charge in [-0.25, -0.2) is 4.98 Å². The highest BCUT2D eigenvalue weighted by Gasteiger charge is 2.18. The molecule has 4 heteroatoms. The van der Waals surface area contributed by atoms with Crippen molar-refractivity contribution in [2.45, 2.75) is 19.8 Å².